The third-order valence-corrected chi connectivity index (χ3v) is 3.76. The Labute approximate surface area is 118 Å². The third kappa shape index (κ3) is 3.67. The van der Waals surface area contributed by atoms with Gasteiger partial charge in [-0.25, -0.2) is 4.79 Å². The van der Waals surface area contributed by atoms with Gasteiger partial charge < -0.3 is 4.74 Å². The lowest BCUT2D eigenvalue weighted by atomic mass is 9.87. The van der Waals surface area contributed by atoms with Crippen molar-refractivity contribution in [3.63, 3.8) is 0 Å². The predicted molar refractivity (Wildman–Crippen MR) is 78.6 cm³/mol. The molecule has 0 amide bonds. The van der Waals surface area contributed by atoms with E-state index in [9.17, 15) is 4.79 Å². The molecule has 1 aromatic carbocycles. The maximum absolute atomic E-state index is 11.7. The molecular formula is C16H18O2S. The molecule has 2 rings (SSSR count). The molecule has 0 spiro atoms. The first-order valence-corrected chi connectivity index (χ1v) is 7.15. The molecule has 0 saturated heterocycles. The third-order valence-electron chi connectivity index (χ3n) is 2.91. The molecule has 0 aliphatic carbocycles. The highest BCUT2D eigenvalue weighted by atomic mass is 32.1. The Balaban J connectivity index is 1.95. The monoisotopic (exact) mass is 274 g/mol. The topological polar surface area (TPSA) is 26.3 Å². The minimum atomic E-state index is -0.255. The summed E-state index contributed by atoms with van der Waals surface area (Å²) in [7, 11) is 0. The second-order valence-electron chi connectivity index (χ2n) is 5.50. The summed E-state index contributed by atoms with van der Waals surface area (Å²) in [6, 6.07) is 11.8. The first-order valence-electron chi connectivity index (χ1n) is 6.27. The van der Waals surface area contributed by atoms with Gasteiger partial charge in [-0.3, -0.25) is 0 Å². The van der Waals surface area contributed by atoms with Gasteiger partial charge in [0, 0.05) is 0 Å². The van der Waals surface area contributed by atoms with Crippen LogP contribution in [0.2, 0.25) is 0 Å². The van der Waals surface area contributed by atoms with E-state index in [0.29, 0.717) is 11.5 Å². The van der Waals surface area contributed by atoms with E-state index in [1.807, 2.05) is 23.6 Å². The van der Waals surface area contributed by atoms with Crippen molar-refractivity contribution in [2.45, 2.75) is 32.8 Å². The van der Waals surface area contributed by atoms with Crippen LogP contribution < -0.4 is 0 Å². The standard InChI is InChI=1S/C16H18O2S/c1-16(2,3)13-8-6-12(7-9-13)11-18-15(17)14-5-4-10-19-14/h4-10H,11H2,1-3H3. The van der Waals surface area contributed by atoms with Crippen molar-refractivity contribution < 1.29 is 9.53 Å². The highest BCUT2D eigenvalue weighted by molar-refractivity contribution is 7.11. The number of ether oxygens (including phenoxy) is 1. The van der Waals surface area contributed by atoms with E-state index in [4.69, 9.17) is 4.74 Å². The summed E-state index contributed by atoms with van der Waals surface area (Å²) < 4.78 is 5.27. The van der Waals surface area contributed by atoms with E-state index in [-0.39, 0.29) is 11.4 Å². The molecule has 2 aromatic rings. The molecule has 0 aliphatic rings. The van der Waals surface area contributed by atoms with Crippen molar-refractivity contribution in [3.05, 3.63) is 57.8 Å². The van der Waals surface area contributed by atoms with Crippen LogP contribution in [0.3, 0.4) is 0 Å². The number of esters is 1. The van der Waals surface area contributed by atoms with Crippen molar-refractivity contribution in [1.29, 1.82) is 0 Å². The fraction of sp³-hybridized carbons (Fsp3) is 0.312. The molecular weight excluding hydrogens is 256 g/mol. The smallest absolute Gasteiger partial charge is 0.348 e. The summed E-state index contributed by atoms with van der Waals surface area (Å²) in [5, 5.41) is 1.87. The SMILES string of the molecule is CC(C)(C)c1ccc(COC(=O)c2cccs2)cc1. The molecule has 2 nitrogen and oxygen atoms in total. The highest BCUT2D eigenvalue weighted by Crippen LogP contribution is 2.22. The Hall–Kier alpha value is -1.61. The van der Waals surface area contributed by atoms with Crippen LogP contribution in [0.15, 0.2) is 41.8 Å². The zero-order valence-electron chi connectivity index (χ0n) is 11.5. The molecule has 1 heterocycles. The van der Waals surface area contributed by atoms with E-state index in [0.717, 1.165) is 5.56 Å². The first kappa shape index (κ1) is 13.8. The van der Waals surface area contributed by atoms with E-state index >= 15 is 0 Å². The van der Waals surface area contributed by atoms with Crippen molar-refractivity contribution >= 4 is 17.3 Å². The number of benzene rings is 1. The normalized spacial score (nSPS) is 11.3. The van der Waals surface area contributed by atoms with Gasteiger partial charge in [-0.1, -0.05) is 51.1 Å². The zero-order valence-corrected chi connectivity index (χ0v) is 12.3. The molecule has 19 heavy (non-hydrogen) atoms. The van der Waals surface area contributed by atoms with E-state index < -0.39 is 0 Å². The van der Waals surface area contributed by atoms with Crippen LogP contribution in [0.1, 0.15) is 41.6 Å². The lowest BCUT2D eigenvalue weighted by molar-refractivity contribution is 0.0478. The van der Waals surface area contributed by atoms with Crippen LogP contribution in [-0.2, 0) is 16.8 Å². The Morgan fingerprint density at radius 1 is 1.16 bits per heavy atom. The van der Waals surface area contributed by atoms with Crippen LogP contribution in [0, 0.1) is 0 Å². The fourth-order valence-electron chi connectivity index (χ4n) is 1.72. The molecule has 0 aliphatic heterocycles. The highest BCUT2D eigenvalue weighted by Gasteiger charge is 2.13. The Bertz CT molecular complexity index is 533. The average molecular weight is 274 g/mol. The van der Waals surface area contributed by atoms with Crippen molar-refractivity contribution in [2.75, 3.05) is 0 Å². The molecule has 0 saturated carbocycles. The number of rotatable bonds is 3. The number of thiophene rings is 1. The quantitative estimate of drug-likeness (QED) is 0.775. The molecule has 3 heteroatoms. The summed E-state index contributed by atoms with van der Waals surface area (Å²) in [4.78, 5) is 12.3. The van der Waals surface area contributed by atoms with E-state index in [2.05, 4.69) is 32.9 Å². The molecule has 0 unspecified atom stereocenters. The van der Waals surface area contributed by atoms with Gasteiger partial charge in [0.05, 0.1) is 0 Å². The summed E-state index contributed by atoms with van der Waals surface area (Å²) in [5.74, 6) is -0.255. The molecule has 0 bridgehead atoms. The van der Waals surface area contributed by atoms with Crippen LogP contribution in [0.5, 0.6) is 0 Å². The van der Waals surface area contributed by atoms with Gasteiger partial charge in [-0.05, 0) is 28.0 Å². The van der Waals surface area contributed by atoms with Gasteiger partial charge in [-0.15, -0.1) is 11.3 Å². The molecule has 0 fully saturated rings. The zero-order chi connectivity index (χ0) is 13.9. The lowest BCUT2D eigenvalue weighted by Crippen LogP contribution is -2.11. The number of hydrogen-bond acceptors (Lipinski definition) is 3. The summed E-state index contributed by atoms with van der Waals surface area (Å²) >= 11 is 1.40. The minimum absolute atomic E-state index is 0.145. The van der Waals surface area contributed by atoms with Gasteiger partial charge in [0.15, 0.2) is 0 Å². The van der Waals surface area contributed by atoms with Crippen molar-refractivity contribution in [1.82, 2.24) is 0 Å². The molecule has 100 valence electrons. The van der Waals surface area contributed by atoms with Gasteiger partial charge >= 0.3 is 5.97 Å². The van der Waals surface area contributed by atoms with Gasteiger partial charge in [0.25, 0.3) is 0 Å². The van der Waals surface area contributed by atoms with Crippen LogP contribution >= 0.6 is 11.3 Å². The van der Waals surface area contributed by atoms with Crippen LogP contribution in [0.25, 0.3) is 0 Å². The maximum atomic E-state index is 11.7. The van der Waals surface area contributed by atoms with E-state index in [1.54, 1.807) is 6.07 Å². The second kappa shape index (κ2) is 5.57. The van der Waals surface area contributed by atoms with Gasteiger partial charge in [0.2, 0.25) is 0 Å². The second-order valence-corrected chi connectivity index (χ2v) is 6.45. The summed E-state index contributed by atoms with van der Waals surface area (Å²) in [5.41, 5.74) is 2.44. The molecule has 0 radical (unpaired) electrons. The summed E-state index contributed by atoms with van der Waals surface area (Å²) in [6.07, 6.45) is 0. The Morgan fingerprint density at radius 3 is 2.37 bits per heavy atom. The number of hydrogen-bond donors (Lipinski definition) is 0. The van der Waals surface area contributed by atoms with Crippen LogP contribution in [-0.4, -0.2) is 5.97 Å². The van der Waals surface area contributed by atoms with Gasteiger partial charge in [0.1, 0.15) is 11.5 Å². The first-order chi connectivity index (χ1) is 8.97. The predicted octanol–water partition coefficient (Wildman–Crippen LogP) is 4.40. The largest absolute Gasteiger partial charge is 0.457 e. The van der Waals surface area contributed by atoms with E-state index in [1.165, 1.54) is 16.9 Å². The summed E-state index contributed by atoms with van der Waals surface area (Å²) in [6.45, 7) is 6.86. The van der Waals surface area contributed by atoms with Crippen molar-refractivity contribution in [2.24, 2.45) is 0 Å². The Kier molecular flexibility index (Phi) is 4.05. The van der Waals surface area contributed by atoms with Crippen LogP contribution in [0.4, 0.5) is 0 Å². The van der Waals surface area contributed by atoms with Crippen molar-refractivity contribution in [3.8, 4) is 0 Å². The number of carbonyl (C=O) groups excluding carboxylic acids is 1. The maximum Gasteiger partial charge on any atom is 0.348 e. The molecule has 0 N–H and O–H groups in total. The Morgan fingerprint density at radius 2 is 1.84 bits per heavy atom. The average Bonchev–Trinajstić information content (AvgIpc) is 2.89. The minimum Gasteiger partial charge on any atom is -0.457 e. The lowest BCUT2D eigenvalue weighted by Gasteiger charge is -2.19. The fourth-order valence-corrected chi connectivity index (χ4v) is 2.33. The molecule has 0 atom stereocenters. The number of carbonyl (C=O) groups is 1. The molecule has 1 aromatic heterocycles. The van der Waals surface area contributed by atoms with Gasteiger partial charge in [-0.2, -0.15) is 0 Å².